The molecule has 0 unspecified atom stereocenters. The summed E-state index contributed by atoms with van der Waals surface area (Å²) in [6.07, 6.45) is -0.196. The van der Waals surface area contributed by atoms with Crippen LogP contribution in [-0.4, -0.2) is 58.6 Å². The Bertz CT molecular complexity index is 945. The number of likely N-dealkylation sites (N-methyl/N-ethyl adjacent to an activating group) is 1. The number of H-pyrrole nitrogens is 1. The molecule has 0 atom stereocenters. The molecule has 0 saturated carbocycles. The fourth-order valence-corrected chi connectivity index (χ4v) is 2.51. The summed E-state index contributed by atoms with van der Waals surface area (Å²) >= 11 is 0. The smallest absolute Gasteiger partial charge is 0.312 e. The number of amides is 2. The number of aromatic nitrogens is 2. The number of esters is 1. The molecule has 28 heavy (non-hydrogen) atoms. The Balaban J connectivity index is 1.91. The molecule has 0 aliphatic carbocycles. The second-order valence-corrected chi connectivity index (χ2v) is 7.43. The van der Waals surface area contributed by atoms with Crippen molar-refractivity contribution >= 4 is 28.6 Å². The number of benzene rings is 1. The summed E-state index contributed by atoms with van der Waals surface area (Å²) in [6.45, 7) is 4.88. The largest absolute Gasteiger partial charge is 0.455 e. The SMILES string of the molecule is CN(CC(=O)NC(C)(C)C)C(=O)COC(=O)Cc1n[nH]c(=O)c2ccccc12. The summed E-state index contributed by atoms with van der Waals surface area (Å²) in [4.78, 5) is 48.9. The molecule has 0 radical (unpaired) electrons. The summed E-state index contributed by atoms with van der Waals surface area (Å²) in [7, 11) is 1.45. The van der Waals surface area contributed by atoms with Gasteiger partial charge in [-0.05, 0) is 26.8 Å². The number of hydrogen-bond acceptors (Lipinski definition) is 6. The maximum Gasteiger partial charge on any atom is 0.312 e. The van der Waals surface area contributed by atoms with Crippen molar-refractivity contribution in [3.8, 4) is 0 Å². The molecule has 1 aromatic carbocycles. The first kappa shape index (κ1) is 21.1. The number of carbonyl (C=O) groups excluding carboxylic acids is 3. The molecule has 0 fully saturated rings. The van der Waals surface area contributed by atoms with Crippen molar-refractivity contribution in [3.63, 3.8) is 0 Å². The van der Waals surface area contributed by atoms with E-state index in [1.54, 1.807) is 24.3 Å². The zero-order chi connectivity index (χ0) is 20.9. The van der Waals surface area contributed by atoms with Crippen molar-refractivity contribution in [2.24, 2.45) is 0 Å². The van der Waals surface area contributed by atoms with E-state index in [1.807, 2.05) is 20.8 Å². The molecule has 0 aliphatic heterocycles. The maximum atomic E-state index is 12.1. The van der Waals surface area contributed by atoms with E-state index >= 15 is 0 Å². The minimum atomic E-state index is -0.661. The zero-order valence-corrected chi connectivity index (χ0v) is 16.4. The van der Waals surface area contributed by atoms with Crippen molar-refractivity contribution in [1.82, 2.24) is 20.4 Å². The van der Waals surface area contributed by atoms with Crippen LogP contribution in [0.4, 0.5) is 0 Å². The molecule has 150 valence electrons. The second-order valence-electron chi connectivity index (χ2n) is 7.43. The van der Waals surface area contributed by atoms with E-state index in [0.717, 1.165) is 0 Å². The fraction of sp³-hybridized carbons (Fsp3) is 0.421. The first-order valence-electron chi connectivity index (χ1n) is 8.74. The first-order chi connectivity index (χ1) is 13.1. The van der Waals surface area contributed by atoms with Gasteiger partial charge in [0.2, 0.25) is 5.91 Å². The van der Waals surface area contributed by atoms with E-state index in [2.05, 4.69) is 15.5 Å². The Morgan fingerprint density at radius 1 is 1.18 bits per heavy atom. The lowest BCUT2D eigenvalue weighted by atomic mass is 10.1. The molecule has 1 aromatic heterocycles. The van der Waals surface area contributed by atoms with Gasteiger partial charge in [-0.25, -0.2) is 5.10 Å². The summed E-state index contributed by atoms with van der Waals surface area (Å²) in [5.74, 6) is -1.47. The highest BCUT2D eigenvalue weighted by Gasteiger charge is 2.19. The summed E-state index contributed by atoms with van der Waals surface area (Å²) in [6, 6.07) is 6.77. The van der Waals surface area contributed by atoms with Crippen molar-refractivity contribution in [1.29, 1.82) is 0 Å². The van der Waals surface area contributed by atoms with Crippen molar-refractivity contribution in [2.75, 3.05) is 20.2 Å². The Kier molecular flexibility index (Phi) is 6.50. The standard InChI is InChI=1S/C19H24N4O5/c1-19(2,3)20-15(24)10-23(4)16(25)11-28-17(26)9-14-12-7-5-6-8-13(12)18(27)22-21-14/h5-8H,9-11H2,1-4H3,(H,20,24)(H,22,27). The van der Waals surface area contributed by atoms with Gasteiger partial charge in [0.1, 0.15) is 0 Å². The van der Waals surface area contributed by atoms with Crippen molar-refractivity contribution in [3.05, 3.63) is 40.3 Å². The van der Waals surface area contributed by atoms with Crippen LogP contribution in [0.1, 0.15) is 26.5 Å². The third-order valence-corrected chi connectivity index (χ3v) is 3.76. The van der Waals surface area contributed by atoms with Crippen LogP contribution >= 0.6 is 0 Å². The highest BCUT2D eigenvalue weighted by atomic mass is 16.5. The van der Waals surface area contributed by atoms with Crippen LogP contribution in [0.25, 0.3) is 10.8 Å². The Labute approximate surface area is 162 Å². The van der Waals surface area contributed by atoms with Gasteiger partial charge in [0, 0.05) is 18.0 Å². The lowest BCUT2D eigenvalue weighted by Gasteiger charge is -2.23. The summed E-state index contributed by atoms with van der Waals surface area (Å²) < 4.78 is 5.00. The second kappa shape index (κ2) is 8.64. The topological polar surface area (TPSA) is 121 Å². The highest BCUT2D eigenvalue weighted by molar-refractivity contribution is 5.88. The van der Waals surface area contributed by atoms with Gasteiger partial charge in [-0.2, -0.15) is 5.10 Å². The van der Waals surface area contributed by atoms with Gasteiger partial charge in [0.25, 0.3) is 11.5 Å². The maximum absolute atomic E-state index is 12.1. The predicted octanol–water partition coefficient (Wildman–Crippen LogP) is 0.382. The van der Waals surface area contributed by atoms with Gasteiger partial charge in [0.15, 0.2) is 6.61 Å². The molecular weight excluding hydrogens is 364 g/mol. The number of hydrogen-bond donors (Lipinski definition) is 2. The van der Waals surface area contributed by atoms with Crippen LogP contribution in [-0.2, 0) is 25.5 Å². The number of nitrogens with one attached hydrogen (secondary N) is 2. The normalized spacial score (nSPS) is 11.1. The third-order valence-electron chi connectivity index (χ3n) is 3.76. The molecule has 0 spiro atoms. The molecule has 2 aromatic rings. The molecule has 9 heteroatoms. The molecule has 0 saturated heterocycles. The fourth-order valence-electron chi connectivity index (χ4n) is 2.51. The molecule has 2 amide bonds. The number of carbonyl (C=O) groups is 3. The number of rotatable bonds is 6. The molecule has 1 heterocycles. The zero-order valence-electron chi connectivity index (χ0n) is 16.4. The van der Waals surface area contributed by atoms with Crippen molar-refractivity contribution in [2.45, 2.75) is 32.7 Å². The average molecular weight is 388 g/mol. The quantitative estimate of drug-likeness (QED) is 0.690. The minimum absolute atomic E-state index is 0.139. The number of ether oxygens (including phenoxy) is 1. The lowest BCUT2D eigenvalue weighted by Crippen LogP contribution is -2.46. The number of fused-ring (bicyclic) bond motifs is 1. The Hall–Kier alpha value is -3.23. The van der Waals surface area contributed by atoms with Gasteiger partial charge in [-0.15, -0.1) is 0 Å². The third kappa shape index (κ3) is 5.90. The first-order valence-corrected chi connectivity index (χ1v) is 8.74. The number of nitrogens with zero attached hydrogens (tertiary/aromatic N) is 2. The Morgan fingerprint density at radius 3 is 2.46 bits per heavy atom. The van der Waals surface area contributed by atoms with E-state index in [0.29, 0.717) is 16.5 Å². The molecule has 0 aliphatic rings. The van der Waals surface area contributed by atoms with Crippen LogP contribution in [0, 0.1) is 0 Å². The van der Waals surface area contributed by atoms with Gasteiger partial charge in [-0.1, -0.05) is 18.2 Å². The van der Waals surface area contributed by atoms with E-state index in [9.17, 15) is 19.2 Å². The van der Waals surface area contributed by atoms with Crippen molar-refractivity contribution < 1.29 is 19.1 Å². The van der Waals surface area contributed by atoms with Crippen LogP contribution in [0.15, 0.2) is 29.1 Å². The van der Waals surface area contributed by atoms with Gasteiger partial charge >= 0.3 is 5.97 Å². The highest BCUT2D eigenvalue weighted by Crippen LogP contribution is 2.13. The minimum Gasteiger partial charge on any atom is -0.455 e. The van der Waals surface area contributed by atoms with Crippen LogP contribution < -0.4 is 10.9 Å². The molecule has 9 nitrogen and oxygen atoms in total. The molecular formula is C19H24N4O5. The van der Waals surface area contributed by atoms with E-state index in [-0.39, 0.29) is 24.4 Å². The van der Waals surface area contributed by atoms with Gasteiger partial charge < -0.3 is 15.0 Å². The van der Waals surface area contributed by atoms with Crippen LogP contribution in [0.2, 0.25) is 0 Å². The van der Waals surface area contributed by atoms with E-state index in [1.165, 1.54) is 11.9 Å². The number of aromatic amines is 1. The van der Waals surface area contributed by atoms with E-state index < -0.39 is 24.0 Å². The van der Waals surface area contributed by atoms with Crippen LogP contribution in [0.3, 0.4) is 0 Å². The molecule has 0 bridgehead atoms. The predicted molar refractivity (Wildman–Crippen MR) is 103 cm³/mol. The average Bonchev–Trinajstić information content (AvgIpc) is 2.60. The molecule has 2 N–H and O–H groups in total. The monoisotopic (exact) mass is 388 g/mol. The molecule has 2 rings (SSSR count). The summed E-state index contributed by atoms with van der Waals surface area (Å²) in [5.41, 5.74) is -0.400. The van der Waals surface area contributed by atoms with Gasteiger partial charge in [-0.3, -0.25) is 19.2 Å². The summed E-state index contributed by atoms with van der Waals surface area (Å²) in [5, 5.41) is 9.94. The van der Waals surface area contributed by atoms with Gasteiger partial charge in [0.05, 0.1) is 24.0 Å². The lowest BCUT2D eigenvalue weighted by molar-refractivity contribution is -0.151. The Morgan fingerprint density at radius 2 is 1.82 bits per heavy atom. The van der Waals surface area contributed by atoms with E-state index in [4.69, 9.17) is 4.74 Å². The van der Waals surface area contributed by atoms with Crippen LogP contribution in [0.5, 0.6) is 0 Å².